The number of benzene rings is 1. The fraction of sp³-hybridized carbons (Fsp3) is 0.400. The molecule has 0 heterocycles. The Labute approximate surface area is 101 Å². The van der Waals surface area contributed by atoms with Crippen molar-refractivity contribution >= 4 is 17.1 Å². The Morgan fingerprint density at radius 2 is 2.06 bits per heavy atom. The number of nitrogens with zero attached hydrogens (tertiary/aromatic N) is 1. The van der Waals surface area contributed by atoms with Gasteiger partial charge in [-0.05, 0) is 18.6 Å². The van der Waals surface area contributed by atoms with Crippen LogP contribution < -0.4 is 11.1 Å². The van der Waals surface area contributed by atoms with Crippen LogP contribution >= 0.6 is 0 Å². The standard InChI is InChI=1S/C10H12F3N3O2/c11-10(12,13)4-1-5-15-7-2-3-9(16(17)18)8(14)6-7/h2-3,6,15H,1,4-5,14H2. The molecule has 0 amide bonds. The van der Waals surface area contributed by atoms with E-state index in [0.29, 0.717) is 5.69 Å². The number of nitrogens with two attached hydrogens (primary N) is 1. The number of nitro groups is 1. The van der Waals surface area contributed by atoms with Crippen molar-refractivity contribution in [3.8, 4) is 0 Å². The fourth-order valence-electron chi connectivity index (χ4n) is 1.35. The van der Waals surface area contributed by atoms with Gasteiger partial charge in [0.05, 0.1) is 4.92 Å². The number of hydrogen-bond acceptors (Lipinski definition) is 4. The van der Waals surface area contributed by atoms with Crippen LogP contribution in [0.2, 0.25) is 0 Å². The Hall–Kier alpha value is -1.99. The molecule has 5 nitrogen and oxygen atoms in total. The van der Waals surface area contributed by atoms with Gasteiger partial charge in [-0.3, -0.25) is 10.1 Å². The van der Waals surface area contributed by atoms with Crippen LogP contribution in [0, 0.1) is 10.1 Å². The van der Waals surface area contributed by atoms with Crippen molar-refractivity contribution in [1.82, 2.24) is 0 Å². The minimum atomic E-state index is -4.17. The van der Waals surface area contributed by atoms with Crippen molar-refractivity contribution in [1.29, 1.82) is 0 Å². The molecule has 0 bridgehead atoms. The van der Waals surface area contributed by atoms with E-state index in [-0.39, 0.29) is 24.3 Å². The monoisotopic (exact) mass is 263 g/mol. The minimum Gasteiger partial charge on any atom is -0.393 e. The first-order chi connectivity index (χ1) is 8.29. The van der Waals surface area contributed by atoms with Crippen molar-refractivity contribution < 1.29 is 18.1 Å². The van der Waals surface area contributed by atoms with E-state index in [1.807, 2.05) is 0 Å². The van der Waals surface area contributed by atoms with Gasteiger partial charge in [0, 0.05) is 24.7 Å². The van der Waals surface area contributed by atoms with Crippen LogP contribution in [0.5, 0.6) is 0 Å². The largest absolute Gasteiger partial charge is 0.393 e. The lowest BCUT2D eigenvalue weighted by atomic mass is 10.2. The molecule has 0 spiro atoms. The molecule has 0 saturated heterocycles. The van der Waals surface area contributed by atoms with E-state index in [0.717, 1.165) is 0 Å². The van der Waals surface area contributed by atoms with E-state index in [4.69, 9.17) is 5.73 Å². The van der Waals surface area contributed by atoms with E-state index < -0.39 is 17.5 Å². The Bertz CT molecular complexity index is 435. The van der Waals surface area contributed by atoms with Gasteiger partial charge >= 0.3 is 6.18 Å². The van der Waals surface area contributed by atoms with E-state index in [1.54, 1.807) is 0 Å². The number of halogens is 3. The summed E-state index contributed by atoms with van der Waals surface area (Å²) in [5.41, 5.74) is 5.64. The van der Waals surface area contributed by atoms with E-state index in [1.165, 1.54) is 18.2 Å². The van der Waals surface area contributed by atoms with Gasteiger partial charge in [0.15, 0.2) is 0 Å². The highest BCUT2D eigenvalue weighted by Gasteiger charge is 2.25. The highest BCUT2D eigenvalue weighted by molar-refractivity contribution is 5.65. The lowest BCUT2D eigenvalue weighted by Crippen LogP contribution is -2.11. The molecule has 0 radical (unpaired) electrons. The molecule has 0 aliphatic rings. The summed E-state index contributed by atoms with van der Waals surface area (Å²) in [6.07, 6.45) is -5.11. The summed E-state index contributed by atoms with van der Waals surface area (Å²) in [7, 11) is 0. The smallest absolute Gasteiger partial charge is 0.389 e. The molecule has 0 aliphatic heterocycles. The molecule has 18 heavy (non-hydrogen) atoms. The lowest BCUT2D eigenvalue weighted by Gasteiger charge is -2.08. The van der Waals surface area contributed by atoms with Crippen LogP contribution in [0.1, 0.15) is 12.8 Å². The van der Waals surface area contributed by atoms with Crippen LogP contribution in [0.25, 0.3) is 0 Å². The molecule has 1 rings (SSSR count). The zero-order chi connectivity index (χ0) is 13.8. The SMILES string of the molecule is Nc1cc(NCCCC(F)(F)F)ccc1[N+](=O)[O-]. The Kier molecular flexibility index (Phi) is 4.35. The van der Waals surface area contributed by atoms with Gasteiger partial charge in [-0.25, -0.2) is 0 Å². The first kappa shape index (κ1) is 14.1. The number of rotatable bonds is 5. The Balaban J connectivity index is 2.49. The summed E-state index contributed by atoms with van der Waals surface area (Å²) in [4.78, 5) is 9.86. The van der Waals surface area contributed by atoms with Gasteiger partial charge in [0.1, 0.15) is 5.69 Å². The number of nitro benzene ring substituents is 1. The molecule has 1 aromatic rings. The average molecular weight is 263 g/mol. The lowest BCUT2D eigenvalue weighted by molar-refractivity contribution is -0.383. The maximum Gasteiger partial charge on any atom is 0.389 e. The summed E-state index contributed by atoms with van der Waals surface area (Å²) in [6.45, 7) is 0.122. The van der Waals surface area contributed by atoms with Crippen LogP contribution in [0.4, 0.5) is 30.2 Å². The van der Waals surface area contributed by atoms with E-state index in [9.17, 15) is 23.3 Å². The highest BCUT2D eigenvalue weighted by atomic mass is 19.4. The van der Waals surface area contributed by atoms with Crippen molar-refractivity contribution in [3.05, 3.63) is 28.3 Å². The molecule has 0 fully saturated rings. The molecule has 8 heteroatoms. The average Bonchev–Trinajstić information content (AvgIpc) is 2.22. The van der Waals surface area contributed by atoms with Gasteiger partial charge in [0.25, 0.3) is 5.69 Å². The van der Waals surface area contributed by atoms with Gasteiger partial charge in [0.2, 0.25) is 0 Å². The summed E-state index contributed by atoms with van der Waals surface area (Å²) < 4.78 is 35.6. The maximum absolute atomic E-state index is 11.9. The molecular weight excluding hydrogens is 251 g/mol. The predicted octanol–water partition coefficient (Wildman–Crippen LogP) is 2.93. The fourth-order valence-corrected chi connectivity index (χ4v) is 1.35. The second kappa shape index (κ2) is 5.56. The molecule has 100 valence electrons. The topological polar surface area (TPSA) is 81.2 Å². The van der Waals surface area contributed by atoms with E-state index >= 15 is 0 Å². The van der Waals surface area contributed by atoms with Gasteiger partial charge in [-0.15, -0.1) is 0 Å². The quantitative estimate of drug-likeness (QED) is 0.370. The molecule has 0 aromatic heterocycles. The molecule has 0 aliphatic carbocycles. The second-order valence-electron chi connectivity index (χ2n) is 3.68. The minimum absolute atomic E-state index is 0.0270. The molecule has 3 N–H and O–H groups in total. The third kappa shape index (κ3) is 4.48. The zero-order valence-electron chi connectivity index (χ0n) is 9.33. The summed E-state index contributed by atoms with van der Waals surface area (Å²) in [5.74, 6) is 0. The molecular formula is C10H12F3N3O2. The van der Waals surface area contributed by atoms with Gasteiger partial charge in [-0.1, -0.05) is 0 Å². The second-order valence-corrected chi connectivity index (χ2v) is 3.68. The number of hydrogen-bond donors (Lipinski definition) is 2. The number of anilines is 2. The Morgan fingerprint density at radius 3 is 2.56 bits per heavy atom. The number of alkyl halides is 3. The molecule has 1 aromatic carbocycles. The summed E-state index contributed by atoms with van der Waals surface area (Å²) >= 11 is 0. The number of nitrogen functional groups attached to an aromatic ring is 1. The van der Waals surface area contributed by atoms with Gasteiger partial charge in [-0.2, -0.15) is 13.2 Å². The van der Waals surface area contributed by atoms with Crippen molar-refractivity contribution in [2.75, 3.05) is 17.6 Å². The van der Waals surface area contributed by atoms with Crippen molar-refractivity contribution in [3.63, 3.8) is 0 Å². The van der Waals surface area contributed by atoms with Gasteiger partial charge < -0.3 is 11.1 Å². The van der Waals surface area contributed by atoms with Crippen LogP contribution in [-0.2, 0) is 0 Å². The van der Waals surface area contributed by atoms with Crippen LogP contribution in [0.15, 0.2) is 18.2 Å². The molecule has 0 unspecified atom stereocenters. The predicted molar refractivity (Wildman–Crippen MR) is 61.3 cm³/mol. The number of nitrogens with one attached hydrogen (secondary N) is 1. The normalized spacial score (nSPS) is 11.3. The molecule has 0 atom stereocenters. The van der Waals surface area contributed by atoms with Crippen molar-refractivity contribution in [2.45, 2.75) is 19.0 Å². The first-order valence-corrected chi connectivity index (χ1v) is 5.14. The third-order valence-corrected chi connectivity index (χ3v) is 2.19. The molecule has 0 saturated carbocycles. The zero-order valence-corrected chi connectivity index (χ0v) is 9.33. The van der Waals surface area contributed by atoms with Crippen LogP contribution in [0.3, 0.4) is 0 Å². The summed E-state index contributed by atoms with van der Waals surface area (Å²) in [5, 5.41) is 13.2. The van der Waals surface area contributed by atoms with E-state index in [2.05, 4.69) is 5.32 Å². The maximum atomic E-state index is 11.9. The first-order valence-electron chi connectivity index (χ1n) is 5.14. The summed E-state index contributed by atoms with van der Waals surface area (Å²) in [6, 6.07) is 3.94. The van der Waals surface area contributed by atoms with Crippen molar-refractivity contribution in [2.24, 2.45) is 0 Å². The highest BCUT2D eigenvalue weighted by Crippen LogP contribution is 2.25. The Morgan fingerprint density at radius 1 is 1.39 bits per heavy atom. The third-order valence-electron chi connectivity index (χ3n) is 2.19. The van der Waals surface area contributed by atoms with Crippen LogP contribution in [-0.4, -0.2) is 17.6 Å².